The lowest BCUT2D eigenvalue weighted by Gasteiger charge is -2.34. The molecule has 1 aliphatic heterocycles. The number of carbonyl (C=O) groups excluding carboxylic acids is 1. The van der Waals surface area contributed by atoms with E-state index in [-0.39, 0.29) is 5.91 Å². The van der Waals surface area contributed by atoms with Crippen LogP contribution >= 0.6 is 11.3 Å². The Hall–Kier alpha value is -2.62. The maximum atomic E-state index is 12.7. The van der Waals surface area contributed by atoms with Crippen molar-refractivity contribution in [1.29, 1.82) is 0 Å². The average Bonchev–Trinajstić information content (AvgIpc) is 3.40. The number of aromatic nitrogens is 3. The summed E-state index contributed by atoms with van der Waals surface area (Å²) in [5.41, 5.74) is 0.656. The number of thiazole rings is 1. The lowest BCUT2D eigenvalue weighted by atomic mass is 10.0. The number of nitrogens with one attached hydrogen (secondary N) is 1. The molecule has 30 heavy (non-hydrogen) atoms. The van der Waals surface area contributed by atoms with Gasteiger partial charge in [-0.15, -0.1) is 11.3 Å². The molecule has 3 aromatic rings. The molecule has 0 bridgehead atoms. The first kappa shape index (κ1) is 20.6. The number of nitrogens with zero attached hydrogens (tertiary/aromatic N) is 5. The van der Waals surface area contributed by atoms with Crippen molar-refractivity contribution in [2.45, 2.75) is 25.8 Å². The summed E-state index contributed by atoms with van der Waals surface area (Å²) in [4.78, 5) is 30.6. The van der Waals surface area contributed by atoms with E-state index in [2.05, 4.69) is 37.1 Å². The van der Waals surface area contributed by atoms with E-state index >= 15 is 0 Å². The smallest absolute Gasteiger partial charge is 0.239 e. The molecular weight excluding hydrogens is 400 g/mol. The fourth-order valence-corrected chi connectivity index (χ4v) is 4.21. The number of aryl methyl sites for hydroxylation is 1. The lowest BCUT2D eigenvalue weighted by Crippen LogP contribution is -2.44. The van der Waals surface area contributed by atoms with Crippen LogP contribution in [0.15, 0.2) is 34.2 Å². The molecule has 0 atom stereocenters. The van der Waals surface area contributed by atoms with Gasteiger partial charge in [-0.2, -0.15) is 0 Å². The number of rotatable bonds is 6. The molecule has 0 saturated carbocycles. The normalized spacial score (nSPS) is 15.6. The predicted octanol–water partition coefficient (Wildman–Crippen LogP) is 3.13. The minimum atomic E-state index is -0.0956. The van der Waals surface area contributed by atoms with E-state index in [9.17, 15) is 4.79 Å². The van der Waals surface area contributed by atoms with Crippen molar-refractivity contribution in [3.05, 3.63) is 35.5 Å². The van der Waals surface area contributed by atoms with Gasteiger partial charge in [0.25, 0.3) is 0 Å². The summed E-state index contributed by atoms with van der Waals surface area (Å²) in [7, 11) is 4.14. The molecule has 4 rings (SSSR count). The van der Waals surface area contributed by atoms with Gasteiger partial charge < -0.3 is 14.6 Å². The number of likely N-dealkylation sites (tertiary alicyclic amines) is 1. The van der Waals surface area contributed by atoms with Crippen molar-refractivity contribution in [2.75, 3.05) is 39.0 Å². The van der Waals surface area contributed by atoms with Crippen LogP contribution in [0.25, 0.3) is 22.3 Å². The summed E-state index contributed by atoms with van der Waals surface area (Å²) in [6.07, 6.45) is 3.88. The molecule has 1 fully saturated rings. The SMILES string of the molecule is Cc1ccc(-c2nc(NC(=O)CN(C)C3CCN(C)CC3)cc(-c3nccs3)n2)o1. The minimum absolute atomic E-state index is 0.0956. The van der Waals surface area contributed by atoms with Gasteiger partial charge in [0.15, 0.2) is 11.6 Å². The van der Waals surface area contributed by atoms with Gasteiger partial charge in [0, 0.05) is 23.7 Å². The molecule has 1 N–H and O–H groups in total. The number of carbonyl (C=O) groups is 1. The summed E-state index contributed by atoms with van der Waals surface area (Å²) in [6.45, 7) is 4.31. The van der Waals surface area contributed by atoms with E-state index in [4.69, 9.17) is 4.42 Å². The second kappa shape index (κ2) is 9.03. The van der Waals surface area contributed by atoms with Crippen LogP contribution in [0.3, 0.4) is 0 Å². The third-order valence-corrected chi connectivity index (χ3v) is 6.11. The molecule has 0 aliphatic carbocycles. The van der Waals surface area contributed by atoms with E-state index in [1.165, 1.54) is 11.3 Å². The molecule has 0 radical (unpaired) electrons. The number of hydrogen-bond donors (Lipinski definition) is 1. The molecule has 1 saturated heterocycles. The topological polar surface area (TPSA) is 87.4 Å². The highest BCUT2D eigenvalue weighted by atomic mass is 32.1. The van der Waals surface area contributed by atoms with Gasteiger partial charge in [-0.3, -0.25) is 9.69 Å². The van der Waals surface area contributed by atoms with Crippen molar-refractivity contribution < 1.29 is 9.21 Å². The summed E-state index contributed by atoms with van der Waals surface area (Å²) in [5.74, 6) is 2.11. The second-order valence-corrected chi connectivity index (χ2v) is 8.60. The van der Waals surface area contributed by atoms with Gasteiger partial charge in [0.05, 0.1) is 6.54 Å². The van der Waals surface area contributed by atoms with E-state index in [0.29, 0.717) is 35.7 Å². The molecule has 0 spiro atoms. The standard InChI is InChI=1S/C21H26N6O2S/c1-14-4-5-17(29-14)20-23-16(21-22-8-11-30-21)12-18(25-20)24-19(28)13-27(3)15-6-9-26(2)10-7-15/h4-5,8,11-12,15H,6-7,9-10,13H2,1-3H3,(H,23,24,25,28). The van der Waals surface area contributed by atoms with Gasteiger partial charge in [-0.1, -0.05) is 0 Å². The van der Waals surface area contributed by atoms with Crippen LogP contribution < -0.4 is 5.32 Å². The zero-order valence-corrected chi connectivity index (χ0v) is 18.3. The zero-order chi connectivity index (χ0) is 21.1. The number of piperidine rings is 1. The Kier molecular flexibility index (Phi) is 6.21. The summed E-state index contributed by atoms with van der Waals surface area (Å²) >= 11 is 1.49. The number of amides is 1. The van der Waals surface area contributed by atoms with Crippen LogP contribution in [-0.4, -0.2) is 70.4 Å². The van der Waals surface area contributed by atoms with E-state index < -0.39 is 0 Å². The van der Waals surface area contributed by atoms with Gasteiger partial charge in [-0.25, -0.2) is 15.0 Å². The Bertz CT molecular complexity index is 995. The Morgan fingerprint density at radius 1 is 1.33 bits per heavy atom. The van der Waals surface area contributed by atoms with Crippen LogP contribution in [-0.2, 0) is 4.79 Å². The Morgan fingerprint density at radius 2 is 2.13 bits per heavy atom. The summed E-state index contributed by atoms with van der Waals surface area (Å²) in [6, 6.07) is 5.87. The number of hydrogen-bond acceptors (Lipinski definition) is 8. The van der Waals surface area contributed by atoms with Crippen LogP contribution in [0.2, 0.25) is 0 Å². The van der Waals surface area contributed by atoms with Crippen molar-refractivity contribution in [3.63, 3.8) is 0 Å². The molecule has 4 heterocycles. The highest BCUT2D eigenvalue weighted by molar-refractivity contribution is 7.13. The van der Waals surface area contributed by atoms with Crippen LogP contribution in [0.4, 0.5) is 5.82 Å². The highest BCUT2D eigenvalue weighted by Gasteiger charge is 2.22. The lowest BCUT2D eigenvalue weighted by molar-refractivity contribution is -0.117. The second-order valence-electron chi connectivity index (χ2n) is 7.71. The third kappa shape index (κ3) is 4.92. The maximum Gasteiger partial charge on any atom is 0.239 e. The van der Waals surface area contributed by atoms with Crippen LogP contribution in [0.1, 0.15) is 18.6 Å². The molecule has 9 heteroatoms. The van der Waals surface area contributed by atoms with Gasteiger partial charge in [0.1, 0.15) is 22.3 Å². The van der Waals surface area contributed by atoms with E-state index in [1.807, 2.05) is 31.5 Å². The van der Waals surface area contributed by atoms with Gasteiger partial charge >= 0.3 is 0 Å². The molecule has 8 nitrogen and oxygen atoms in total. The molecule has 0 aromatic carbocycles. The predicted molar refractivity (Wildman–Crippen MR) is 117 cm³/mol. The van der Waals surface area contributed by atoms with Crippen molar-refractivity contribution in [2.24, 2.45) is 0 Å². The highest BCUT2D eigenvalue weighted by Crippen LogP contribution is 2.26. The number of anilines is 1. The van der Waals surface area contributed by atoms with E-state index in [1.54, 1.807) is 12.3 Å². The fraction of sp³-hybridized carbons (Fsp3) is 0.429. The van der Waals surface area contributed by atoms with Crippen LogP contribution in [0.5, 0.6) is 0 Å². The van der Waals surface area contributed by atoms with Gasteiger partial charge in [-0.05, 0) is 59.1 Å². The molecule has 1 aliphatic rings. The van der Waals surface area contributed by atoms with E-state index in [0.717, 1.165) is 36.7 Å². The monoisotopic (exact) mass is 426 g/mol. The van der Waals surface area contributed by atoms with Crippen LogP contribution in [0, 0.1) is 6.92 Å². The largest absolute Gasteiger partial charge is 0.458 e. The molecule has 0 unspecified atom stereocenters. The minimum Gasteiger partial charge on any atom is -0.458 e. The first-order valence-electron chi connectivity index (χ1n) is 10.0. The first-order valence-corrected chi connectivity index (χ1v) is 10.9. The summed E-state index contributed by atoms with van der Waals surface area (Å²) in [5, 5.41) is 5.59. The molecule has 158 valence electrons. The summed E-state index contributed by atoms with van der Waals surface area (Å²) < 4.78 is 5.69. The molecular formula is C21H26N6O2S. The van der Waals surface area contributed by atoms with Crippen molar-refractivity contribution >= 4 is 23.1 Å². The molecule has 1 amide bonds. The zero-order valence-electron chi connectivity index (χ0n) is 17.5. The Balaban J connectivity index is 1.51. The quantitative estimate of drug-likeness (QED) is 0.648. The van der Waals surface area contributed by atoms with Crippen molar-refractivity contribution in [1.82, 2.24) is 24.8 Å². The maximum absolute atomic E-state index is 12.7. The Morgan fingerprint density at radius 3 is 2.80 bits per heavy atom. The Labute approximate surface area is 180 Å². The molecule has 3 aromatic heterocycles. The van der Waals surface area contributed by atoms with Crippen molar-refractivity contribution in [3.8, 4) is 22.3 Å². The number of likely N-dealkylation sites (N-methyl/N-ethyl adjacent to an activating group) is 1. The average molecular weight is 427 g/mol. The van der Waals surface area contributed by atoms with Gasteiger partial charge in [0.2, 0.25) is 5.91 Å². The first-order chi connectivity index (χ1) is 14.5. The fourth-order valence-electron chi connectivity index (χ4n) is 3.61. The number of furan rings is 1. The third-order valence-electron chi connectivity index (χ3n) is 5.31.